The second-order valence-electron chi connectivity index (χ2n) is 4.94. The Bertz CT molecular complexity index is 462. The minimum absolute atomic E-state index is 0.0368. The van der Waals surface area contributed by atoms with Gasteiger partial charge in [-0.2, -0.15) is 0 Å². The summed E-state index contributed by atoms with van der Waals surface area (Å²) < 4.78 is 0. The van der Waals surface area contributed by atoms with Crippen LogP contribution in [0.4, 0.5) is 11.5 Å². The van der Waals surface area contributed by atoms with Crippen LogP contribution in [0.15, 0.2) is 12.1 Å². The van der Waals surface area contributed by atoms with Gasteiger partial charge >= 0.3 is 5.69 Å². The number of nitrogens with zero attached hydrogens (tertiary/aromatic N) is 3. The summed E-state index contributed by atoms with van der Waals surface area (Å²) in [5.74, 6) is 0.248. The van der Waals surface area contributed by atoms with Crippen molar-refractivity contribution in [1.82, 2.24) is 9.88 Å². The molecule has 0 amide bonds. The fraction of sp³-hybridized carbons (Fsp3) is 0.615. The van der Waals surface area contributed by atoms with E-state index in [4.69, 9.17) is 11.6 Å². The van der Waals surface area contributed by atoms with E-state index in [2.05, 4.69) is 15.2 Å². The molecule has 1 saturated heterocycles. The summed E-state index contributed by atoms with van der Waals surface area (Å²) in [6, 6.07) is 2.81. The van der Waals surface area contributed by atoms with Crippen LogP contribution in [0.25, 0.3) is 0 Å². The molecule has 1 fully saturated rings. The lowest BCUT2D eigenvalue weighted by atomic mass is 10.2. The number of hydrogen-bond donors (Lipinski definition) is 1. The summed E-state index contributed by atoms with van der Waals surface area (Å²) in [6.45, 7) is 3.71. The number of nitrogens with one attached hydrogen (secondary N) is 1. The maximum absolute atomic E-state index is 10.9. The Labute approximate surface area is 123 Å². The van der Waals surface area contributed by atoms with E-state index in [1.165, 1.54) is 37.8 Å². The Morgan fingerprint density at radius 1 is 1.30 bits per heavy atom. The molecular formula is C13H19ClN4O2. The summed E-state index contributed by atoms with van der Waals surface area (Å²) in [4.78, 5) is 16.8. The average molecular weight is 299 g/mol. The van der Waals surface area contributed by atoms with Gasteiger partial charge in [0.2, 0.25) is 5.82 Å². The van der Waals surface area contributed by atoms with Gasteiger partial charge in [0.25, 0.3) is 0 Å². The largest absolute Gasteiger partial charge is 0.363 e. The number of pyridine rings is 1. The fourth-order valence-corrected chi connectivity index (χ4v) is 2.55. The molecule has 1 aromatic heterocycles. The van der Waals surface area contributed by atoms with Crippen LogP contribution in [0.1, 0.15) is 25.7 Å². The van der Waals surface area contributed by atoms with Crippen molar-refractivity contribution in [1.29, 1.82) is 0 Å². The van der Waals surface area contributed by atoms with Crippen LogP contribution in [-0.4, -0.2) is 41.0 Å². The van der Waals surface area contributed by atoms with E-state index in [0.29, 0.717) is 6.54 Å². The van der Waals surface area contributed by atoms with E-state index in [1.807, 2.05) is 0 Å². The molecule has 7 heteroatoms. The van der Waals surface area contributed by atoms with E-state index in [9.17, 15) is 10.1 Å². The first-order valence-electron chi connectivity index (χ1n) is 6.94. The highest BCUT2D eigenvalue weighted by Gasteiger charge is 2.16. The molecule has 0 spiro atoms. The van der Waals surface area contributed by atoms with Crippen LogP contribution < -0.4 is 5.32 Å². The summed E-state index contributed by atoms with van der Waals surface area (Å²) in [5, 5.41) is 14.2. The molecule has 1 aliphatic heterocycles. The molecule has 20 heavy (non-hydrogen) atoms. The second-order valence-corrected chi connectivity index (χ2v) is 5.33. The van der Waals surface area contributed by atoms with Crippen molar-refractivity contribution in [2.75, 3.05) is 31.5 Å². The molecule has 0 unspecified atom stereocenters. The first-order valence-corrected chi connectivity index (χ1v) is 7.32. The maximum Gasteiger partial charge on any atom is 0.311 e. The van der Waals surface area contributed by atoms with Crippen LogP contribution in [0.3, 0.4) is 0 Å². The van der Waals surface area contributed by atoms with Gasteiger partial charge in [0.05, 0.1) is 4.92 Å². The highest BCUT2D eigenvalue weighted by molar-refractivity contribution is 6.29. The lowest BCUT2D eigenvalue weighted by Gasteiger charge is -2.19. The molecule has 0 aliphatic carbocycles. The highest BCUT2D eigenvalue weighted by atomic mass is 35.5. The Morgan fingerprint density at radius 2 is 2.00 bits per heavy atom. The number of anilines is 1. The summed E-state index contributed by atoms with van der Waals surface area (Å²) in [6.07, 6.45) is 5.06. The minimum atomic E-state index is -0.447. The van der Waals surface area contributed by atoms with Crippen molar-refractivity contribution in [3.63, 3.8) is 0 Å². The first-order chi connectivity index (χ1) is 9.66. The average Bonchev–Trinajstić information content (AvgIpc) is 2.67. The second kappa shape index (κ2) is 7.40. The SMILES string of the molecule is O=[N+]([O-])c1ccc(Cl)nc1NCCN1CCCCCC1. The van der Waals surface area contributed by atoms with Crippen molar-refractivity contribution >= 4 is 23.1 Å². The lowest BCUT2D eigenvalue weighted by Crippen LogP contribution is -2.30. The monoisotopic (exact) mass is 298 g/mol. The predicted octanol–water partition coefficient (Wildman–Crippen LogP) is 2.93. The summed E-state index contributed by atoms with van der Waals surface area (Å²) in [7, 11) is 0. The molecule has 0 saturated carbocycles. The van der Waals surface area contributed by atoms with Gasteiger partial charge in [-0.05, 0) is 32.0 Å². The van der Waals surface area contributed by atoms with Crippen molar-refractivity contribution in [3.05, 3.63) is 27.4 Å². The van der Waals surface area contributed by atoms with Gasteiger partial charge < -0.3 is 10.2 Å². The smallest absolute Gasteiger partial charge is 0.311 e. The molecule has 0 bridgehead atoms. The molecule has 0 radical (unpaired) electrons. The maximum atomic E-state index is 10.9. The van der Waals surface area contributed by atoms with Crippen LogP contribution in [0.2, 0.25) is 5.15 Å². The molecule has 0 aromatic carbocycles. The Morgan fingerprint density at radius 3 is 2.65 bits per heavy atom. The van der Waals surface area contributed by atoms with Crippen molar-refractivity contribution in [2.24, 2.45) is 0 Å². The molecule has 110 valence electrons. The third kappa shape index (κ3) is 4.31. The van der Waals surface area contributed by atoms with E-state index < -0.39 is 4.92 Å². The van der Waals surface area contributed by atoms with E-state index in [1.54, 1.807) is 0 Å². The van der Waals surface area contributed by atoms with Crippen LogP contribution in [0, 0.1) is 10.1 Å². The molecule has 1 N–H and O–H groups in total. The van der Waals surface area contributed by atoms with Crippen molar-refractivity contribution in [3.8, 4) is 0 Å². The van der Waals surface area contributed by atoms with Crippen LogP contribution >= 0.6 is 11.6 Å². The Hall–Kier alpha value is -1.40. The minimum Gasteiger partial charge on any atom is -0.363 e. The van der Waals surface area contributed by atoms with Crippen LogP contribution in [-0.2, 0) is 0 Å². The number of halogens is 1. The van der Waals surface area contributed by atoms with Gasteiger partial charge in [0, 0.05) is 19.2 Å². The van der Waals surface area contributed by atoms with Gasteiger partial charge in [0.15, 0.2) is 0 Å². The molecule has 2 heterocycles. The third-order valence-corrected chi connectivity index (χ3v) is 3.67. The zero-order valence-electron chi connectivity index (χ0n) is 11.3. The molecule has 6 nitrogen and oxygen atoms in total. The van der Waals surface area contributed by atoms with Gasteiger partial charge in [-0.3, -0.25) is 10.1 Å². The van der Waals surface area contributed by atoms with Gasteiger partial charge in [-0.15, -0.1) is 0 Å². The fourth-order valence-electron chi connectivity index (χ4n) is 2.40. The number of nitro groups is 1. The molecule has 2 rings (SSSR count). The molecular weight excluding hydrogens is 280 g/mol. The summed E-state index contributed by atoms with van der Waals surface area (Å²) >= 11 is 5.79. The molecule has 1 aromatic rings. The topological polar surface area (TPSA) is 71.3 Å². The summed E-state index contributed by atoms with van der Waals surface area (Å²) in [5.41, 5.74) is -0.0368. The Balaban J connectivity index is 1.89. The lowest BCUT2D eigenvalue weighted by molar-refractivity contribution is -0.384. The highest BCUT2D eigenvalue weighted by Crippen LogP contribution is 2.23. The van der Waals surface area contributed by atoms with E-state index in [0.717, 1.165) is 19.6 Å². The standard InChI is InChI=1S/C13H19ClN4O2/c14-12-6-5-11(18(19)20)13(16-12)15-7-10-17-8-3-1-2-4-9-17/h5-6H,1-4,7-10H2,(H,15,16). The number of hydrogen-bond acceptors (Lipinski definition) is 5. The van der Waals surface area contributed by atoms with Crippen molar-refractivity contribution in [2.45, 2.75) is 25.7 Å². The number of rotatable bonds is 5. The predicted molar refractivity (Wildman–Crippen MR) is 79.3 cm³/mol. The Kier molecular flexibility index (Phi) is 5.55. The zero-order chi connectivity index (χ0) is 14.4. The molecule has 0 atom stereocenters. The zero-order valence-corrected chi connectivity index (χ0v) is 12.1. The van der Waals surface area contributed by atoms with Gasteiger partial charge in [0.1, 0.15) is 5.15 Å². The third-order valence-electron chi connectivity index (χ3n) is 3.46. The normalized spacial score (nSPS) is 16.6. The first kappa shape index (κ1) is 15.0. The number of likely N-dealkylation sites (tertiary alicyclic amines) is 1. The van der Waals surface area contributed by atoms with Gasteiger partial charge in [-0.25, -0.2) is 4.98 Å². The molecule has 1 aliphatic rings. The quantitative estimate of drug-likeness (QED) is 0.514. The van der Waals surface area contributed by atoms with Crippen LogP contribution in [0.5, 0.6) is 0 Å². The van der Waals surface area contributed by atoms with Crippen molar-refractivity contribution < 1.29 is 4.92 Å². The van der Waals surface area contributed by atoms with E-state index >= 15 is 0 Å². The van der Waals surface area contributed by atoms with Gasteiger partial charge in [-0.1, -0.05) is 24.4 Å². The van der Waals surface area contributed by atoms with E-state index in [-0.39, 0.29) is 16.7 Å². The number of aromatic nitrogens is 1.